The molecule has 2 unspecified atom stereocenters. The van der Waals surface area contributed by atoms with Gasteiger partial charge in [0.25, 0.3) is 0 Å². The van der Waals surface area contributed by atoms with E-state index in [1.54, 1.807) is 0 Å². The highest BCUT2D eigenvalue weighted by Gasteiger charge is 2.27. The highest BCUT2D eigenvalue weighted by molar-refractivity contribution is 6.30. The number of ketones is 1. The zero-order valence-electron chi connectivity index (χ0n) is 9.28. The minimum atomic E-state index is 0.0747. The van der Waals surface area contributed by atoms with Crippen LogP contribution in [0.2, 0.25) is 5.02 Å². The standard InChI is InChI=1S/C13H15ClO2/c1-9-6-11(8-16-9)13(15)7-10-2-4-12(14)5-3-10/h2-5,9,11H,6-8H2,1H3. The van der Waals surface area contributed by atoms with Gasteiger partial charge < -0.3 is 4.74 Å². The van der Waals surface area contributed by atoms with Crippen molar-refractivity contribution in [2.75, 3.05) is 6.61 Å². The van der Waals surface area contributed by atoms with E-state index in [9.17, 15) is 4.79 Å². The summed E-state index contributed by atoms with van der Waals surface area (Å²) in [6, 6.07) is 7.44. The minimum Gasteiger partial charge on any atom is -0.378 e. The fourth-order valence-electron chi connectivity index (χ4n) is 1.99. The molecular formula is C13H15ClO2. The van der Waals surface area contributed by atoms with Gasteiger partial charge in [0.1, 0.15) is 5.78 Å². The number of Topliss-reactive ketones (excluding diaryl/α,β-unsaturated/α-hetero) is 1. The molecule has 0 radical (unpaired) electrons. The molecule has 0 amide bonds. The average Bonchev–Trinajstić information content (AvgIpc) is 2.68. The van der Waals surface area contributed by atoms with Crippen LogP contribution in [0.3, 0.4) is 0 Å². The lowest BCUT2D eigenvalue weighted by atomic mass is 9.96. The zero-order chi connectivity index (χ0) is 11.5. The molecule has 0 N–H and O–H groups in total. The second-order valence-corrected chi connectivity index (χ2v) is 4.78. The van der Waals surface area contributed by atoms with Crippen LogP contribution in [-0.2, 0) is 16.0 Å². The molecule has 1 heterocycles. The molecule has 1 aromatic carbocycles. The molecule has 2 nitrogen and oxygen atoms in total. The van der Waals surface area contributed by atoms with Gasteiger partial charge in [-0.1, -0.05) is 23.7 Å². The van der Waals surface area contributed by atoms with Crippen molar-refractivity contribution in [2.24, 2.45) is 5.92 Å². The predicted molar refractivity (Wildman–Crippen MR) is 63.7 cm³/mol. The summed E-state index contributed by atoms with van der Waals surface area (Å²) in [6.45, 7) is 2.59. The monoisotopic (exact) mass is 238 g/mol. The number of carbonyl (C=O) groups is 1. The van der Waals surface area contributed by atoms with E-state index in [1.165, 1.54) is 0 Å². The lowest BCUT2D eigenvalue weighted by molar-refractivity contribution is -0.122. The summed E-state index contributed by atoms with van der Waals surface area (Å²) in [5.41, 5.74) is 1.02. The Bertz CT molecular complexity index is 372. The summed E-state index contributed by atoms with van der Waals surface area (Å²) >= 11 is 5.79. The third-order valence-corrected chi connectivity index (χ3v) is 3.20. The van der Waals surface area contributed by atoms with E-state index in [1.807, 2.05) is 31.2 Å². The number of ether oxygens (including phenoxy) is 1. The van der Waals surface area contributed by atoms with Gasteiger partial charge in [-0.25, -0.2) is 0 Å². The Kier molecular flexibility index (Phi) is 3.62. The van der Waals surface area contributed by atoms with Crippen molar-refractivity contribution in [3.63, 3.8) is 0 Å². The van der Waals surface area contributed by atoms with Crippen LogP contribution < -0.4 is 0 Å². The Morgan fingerprint density at radius 2 is 2.12 bits per heavy atom. The molecule has 1 aliphatic heterocycles. The fourth-order valence-corrected chi connectivity index (χ4v) is 2.12. The second-order valence-electron chi connectivity index (χ2n) is 4.35. The first kappa shape index (κ1) is 11.6. The van der Waals surface area contributed by atoms with Gasteiger partial charge in [0.15, 0.2) is 0 Å². The van der Waals surface area contributed by atoms with Gasteiger partial charge in [0.05, 0.1) is 12.7 Å². The molecule has 86 valence electrons. The third-order valence-electron chi connectivity index (χ3n) is 2.95. The fraction of sp³-hybridized carbons (Fsp3) is 0.462. The number of hydrogen-bond donors (Lipinski definition) is 0. The van der Waals surface area contributed by atoms with Crippen molar-refractivity contribution in [1.29, 1.82) is 0 Å². The van der Waals surface area contributed by atoms with Crippen LogP contribution in [0.1, 0.15) is 18.9 Å². The first-order valence-corrected chi connectivity index (χ1v) is 5.91. The molecule has 0 aliphatic carbocycles. The highest BCUT2D eigenvalue weighted by atomic mass is 35.5. The van der Waals surface area contributed by atoms with E-state index >= 15 is 0 Å². The van der Waals surface area contributed by atoms with Crippen LogP contribution in [0.15, 0.2) is 24.3 Å². The summed E-state index contributed by atoms with van der Waals surface area (Å²) < 4.78 is 5.40. The summed E-state index contributed by atoms with van der Waals surface area (Å²) in [7, 11) is 0. The van der Waals surface area contributed by atoms with Crippen LogP contribution >= 0.6 is 11.6 Å². The van der Waals surface area contributed by atoms with Gasteiger partial charge in [-0.3, -0.25) is 4.79 Å². The first-order chi connectivity index (χ1) is 7.65. The SMILES string of the molecule is CC1CC(C(=O)Cc2ccc(Cl)cc2)CO1. The van der Waals surface area contributed by atoms with Crippen molar-refractivity contribution in [2.45, 2.75) is 25.9 Å². The van der Waals surface area contributed by atoms with E-state index < -0.39 is 0 Å². The Balaban J connectivity index is 1.94. The minimum absolute atomic E-state index is 0.0747. The second kappa shape index (κ2) is 4.98. The molecule has 1 saturated heterocycles. The largest absolute Gasteiger partial charge is 0.378 e. The van der Waals surface area contributed by atoms with Crippen LogP contribution in [0.25, 0.3) is 0 Å². The lowest BCUT2D eigenvalue weighted by Gasteiger charge is -2.06. The van der Waals surface area contributed by atoms with E-state index in [0.29, 0.717) is 18.1 Å². The van der Waals surface area contributed by atoms with E-state index in [2.05, 4.69) is 0 Å². The summed E-state index contributed by atoms with van der Waals surface area (Å²) in [6.07, 6.45) is 1.56. The van der Waals surface area contributed by atoms with E-state index in [-0.39, 0.29) is 17.8 Å². The third kappa shape index (κ3) is 2.83. The van der Waals surface area contributed by atoms with Crippen molar-refractivity contribution >= 4 is 17.4 Å². The smallest absolute Gasteiger partial charge is 0.142 e. The van der Waals surface area contributed by atoms with Gasteiger partial charge in [-0.2, -0.15) is 0 Å². The number of rotatable bonds is 3. The first-order valence-electron chi connectivity index (χ1n) is 5.54. The van der Waals surface area contributed by atoms with Crippen molar-refractivity contribution in [3.8, 4) is 0 Å². The molecule has 16 heavy (non-hydrogen) atoms. The molecular weight excluding hydrogens is 224 g/mol. The van der Waals surface area contributed by atoms with Crippen LogP contribution in [0.4, 0.5) is 0 Å². The van der Waals surface area contributed by atoms with Crippen molar-refractivity contribution < 1.29 is 9.53 Å². The summed E-state index contributed by atoms with van der Waals surface area (Å²) in [5.74, 6) is 0.345. The number of benzene rings is 1. The van der Waals surface area contributed by atoms with Crippen molar-refractivity contribution in [3.05, 3.63) is 34.9 Å². The molecule has 3 heteroatoms. The molecule has 0 aromatic heterocycles. The molecule has 1 aliphatic rings. The molecule has 2 atom stereocenters. The Morgan fingerprint density at radius 3 is 2.69 bits per heavy atom. The molecule has 1 fully saturated rings. The van der Waals surface area contributed by atoms with E-state index in [4.69, 9.17) is 16.3 Å². The topological polar surface area (TPSA) is 26.3 Å². The molecule has 0 bridgehead atoms. The van der Waals surface area contributed by atoms with E-state index in [0.717, 1.165) is 12.0 Å². The predicted octanol–water partition coefficient (Wildman–Crippen LogP) is 2.88. The summed E-state index contributed by atoms with van der Waals surface area (Å²) in [4.78, 5) is 11.9. The average molecular weight is 239 g/mol. The molecule has 0 saturated carbocycles. The highest BCUT2D eigenvalue weighted by Crippen LogP contribution is 2.21. The maximum Gasteiger partial charge on any atom is 0.142 e. The molecule has 2 rings (SSSR count). The van der Waals surface area contributed by atoms with Gasteiger partial charge in [0, 0.05) is 17.4 Å². The Morgan fingerprint density at radius 1 is 1.44 bits per heavy atom. The van der Waals surface area contributed by atoms with Crippen LogP contribution in [0.5, 0.6) is 0 Å². The quantitative estimate of drug-likeness (QED) is 0.810. The number of carbonyl (C=O) groups excluding carboxylic acids is 1. The molecule has 0 spiro atoms. The summed E-state index contributed by atoms with van der Waals surface area (Å²) in [5, 5.41) is 0.703. The normalized spacial score (nSPS) is 24.6. The van der Waals surface area contributed by atoms with Crippen LogP contribution in [0, 0.1) is 5.92 Å². The van der Waals surface area contributed by atoms with Gasteiger partial charge >= 0.3 is 0 Å². The Labute approximate surface area is 101 Å². The van der Waals surface area contributed by atoms with Crippen molar-refractivity contribution in [1.82, 2.24) is 0 Å². The zero-order valence-corrected chi connectivity index (χ0v) is 10.0. The number of halogens is 1. The Hall–Kier alpha value is -0.860. The lowest BCUT2D eigenvalue weighted by Crippen LogP contribution is -2.16. The maximum absolute atomic E-state index is 11.9. The van der Waals surface area contributed by atoms with Gasteiger partial charge in [0.2, 0.25) is 0 Å². The van der Waals surface area contributed by atoms with Gasteiger partial charge in [-0.15, -0.1) is 0 Å². The maximum atomic E-state index is 11.9. The van der Waals surface area contributed by atoms with Gasteiger partial charge in [-0.05, 0) is 31.0 Å². The molecule has 1 aromatic rings. The number of hydrogen-bond acceptors (Lipinski definition) is 2. The van der Waals surface area contributed by atoms with Crippen LogP contribution in [-0.4, -0.2) is 18.5 Å².